The van der Waals surface area contributed by atoms with Crippen molar-refractivity contribution in [2.45, 2.75) is 38.2 Å². The van der Waals surface area contributed by atoms with E-state index in [2.05, 4.69) is 10.1 Å². The highest BCUT2D eigenvalue weighted by molar-refractivity contribution is 5.77. The fraction of sp³-hybridized carbons (Fsp3) is 0.750. The molecule has 6 nitrogen and oxygen atoms in total. The van der Waals surface area contributed by atoms with Gasteiger partial charge in [-0.05, 0) is 18.8 Å². The highest BCUT2D eigenvalue weighted by atomic mass is 16.5. The Morgan fingerprint density at radius 2 is 2.17 bits per heavy atom. The Hall–Kier alpha value is -1.43. The first-order chi connectivity index (χ1) is 8.76. The second-order valence-electron chi connectivity index (χ2n) is 4.53. The molecule has 1 unspecified atom stereocenters. The molecule has 0 radical (unpaired) electrons. The van der Waals surface area contributed by atoms with Crippen LogP contribution in [0.2, 0.25) is 0 Å². The minimum atomic E-state index is -0.435. The van der Waals surface area contributed by atoms with E-state index in [4.69, 9.17) is 14.0 Å². The molecule has 1 atom stereocenters. The second-order valence-corrected chi connectivity index (χ2v) is 4.53. The van der Waals surface area contributed by atoms with Gasteiger partial charge in [-0.15, -0.1) is 0 Å². The molecule has 6 heteroatoms. The molecule has 1 saturated carbocycles. The Balaban J connectivity index is 2.18. The lowest BCUT2D eigenvalue weighted by molar-refractivity contribution is -0.144. The van der Waals surface area contributed by atoms with Gasteiger partial charge < -0.3 is 14.0 Å². The van der Waals surface area contributed by atoms with Gasteiger partial charge in [-0.2, -0.15) is 4.98 Å². The van der Waals surface area contributed by atoms with Crippen molar-refractivity contribution < 1.29 is 18.8 Å². The third-order valence-electron chi connectivity index (χ3n) is 3.35. The van der Waals surface area contributed by atoms with E-state index in [0.717, 1.165) is 25.7 Å². The fourth-order valence-corrected chi connectivity index (χ4v) is 2.49. The molecule has 1 fully saturated rings. The number of hydrogen-bond acceptors (Lipinski definition) is 6. The monoisotopic (exact) mass is 254 g/mol. The van der Waals surface area contributed by atoms with Crippen LogP contribution in [0.5, 0.6) is 0 Å². The first-order valence-corrected chi connectivity index (χ1v) is 6.15. The minimum Gasteiger partial charge on any atom is -0.468 e. The molecule has 18 heavy (non-hydrogen) atoms. The first-order valence-electron chi connectivity index (χ1n) is 6.15. The molecular formula is C12H18N2O4. The first kappa shape index (κ1) is 13.0. The number of carbonyl (C=O) groups excluding carboxylic acids is 1. The summed E-state index contributed by atoms with van der Waals surface area (Å²) in [5.41, 5.74) is 0. The molecule has 100 valence electrons. The Morgan fingerprint density at radius 3 is 2.78 bits per heavy atom. The third-order valence-corrected chi connectivity index (χ3v) is 3.35. The molecule has 0 aromatic carbocycles. The van der Waals surface area contributed by atoms with Crippen LogP contribution in [0.25, 0.3) is 0 Å². The van der Waals surface area contributed by atoms with Gasteiger partial charge in [0.15, 0.2) is 5.82 Å². The largest absolute Gasteiger partial charge is 0.468 e. The van der Waals surface area contributed by atoms with E-state index in [0.29, 0.717) is 11.7 Å². The zero-order valence-corrected chi connectivity index (χ0v) is 10.7. The highest BCUT2D eigenvalue weighted by Crippen LogP contribution is 2.37. The Kier molecular flexibility index (Phi) is 4.30. The number of nitrogens with zero attached hydrogens (tertiary/aromatic N) is 2. The van der Waals surface area contributed by atoms with Crippen molar-refractivity contribution in [1.82, 2.24) is 10.1 Å². The Labute approximate surface area is 106 Å². The molecule has 0 bridgehead atoms. The number of rotatable bonds is 5. The van der Waals surface area contributed by atoms with Crippen LogP contribution in [0.4, 0.5) is 0 Å². The van der Waals surface area contributed by atoms with Gasteiger partial charge in [-0.3, -0.25) is 4.79 Å². The summed E-state index contributed by atoms with van der Waals surface area (Å²) in [6.07, 6.45) is 4.28. The molecule has 0 saturated heterocycles. The maximum Gasteiger partial charge on any atom is 0.318 e. The van der Waals surface area contributed by atoms with Crippen LogP contribution in [0.15, 0.2) is 4.52 Å². The van der Waals surface area contributed by atoms with Crippen molar-refractivity contribution in [3.63, 3.8) is 0 Å². The summed E-state index contributed by atoms with van der Waals surface area (Å²) in [6, 6.07) is 0. The maximum absolute atomic E-state index is 11.9. The zero-order chi connectivity index (χ0) is 13.0. The summed E-state index contributed by atoms with van der Waals surface area (Å²) >= 11 is 0. The number of hydrogen-bond donors (Lipinski definition) is 0. The van der Waals surface area contributed by atoms with Crippen molar-refractivity contribution in [1.29, 1.82) is 0 Å². The van der Waals surface area contributed by atoms with Crippen molar-refractivity contribution >= 4 is 5.97 Å². The van der Waals surface area contributed by atoms with Gasteiger partial charge in [0.25, 0.3) is 0 Å². The van der Waals surface area contributed by atoms with Gasteiger partial charge in [-0.1, -0.05) is 18.0 Å². The Morgan fingerprint density at radius 1 is 1.44 bits per heavy atom. The molecule has 1 aromatic rings. The lowest BCUT2D eigenvalue weighted by atomic mass is 9.91. The summed E-state index contributed by atoms with van der Waals surface area (Å²) in [5, 5.41) is 3.80. The van der Waals surface area contributed by atoms with E-state index in [1.807, 2.05) is 0 Å². The lowest BCUT2D eigenvalue weighted by Gasteiger charge is -2.16. The van der Waals surface area contributed by atoms with Gasteiger partial charge in [0, 0.05) is 7.11 Å². The van der Waals surface area contributed by atoms with Crippen LogP contribution in [0, 0.1) is 5.92 Å². The van der Waals surface area contributed by atoms with Crippen LogP contribution < -0.4 is 0 Å². The summed E-state index contributed by atoms with van der Waals surface area (Å²) in [7, 11) is 2.95. The molecule has 0 amide bonds. The quantitative estimate of drug-likeness (QED) is 0.744. The van der Waals surface area contributed by atoms with Crippen LogP contribution in [-0.2, 0) is 20.9 Å². The SMILES string of the molecule is COCc1noc(C(C(=O)OC)C2CCCC2)n1. The zero-order valence-electron chi connectivity index (χ0n) is 10.7. The van der Waals surface area contributed by atoms with Gasteiger partial charge >= 0.3 is 5.97 Å². The molecule has 0 spiro atoms. The molecule has 1 aliphatic rings. The molecule has 0 N–H and O–H groups in total. The number of ether oxygens (including phenoxy) is 2. The standard InChI is InChI=1S/C12H18N2O4/c1-16-7-9-13-11(18-14-9)10(12(15)17-2)8-5-3-4-6-8/h8,10H,3-7H2,1-2H3. The average Bonchev–Trinajstić information content (AvgIpc) is 3.02. The van der Waals surface area contributed by atoms with E-state index in [1.165, 1.54) is 7.11 Å². The van der Waals surface area contributed by atoms with Crippen LogP contribution in [-0.4, -0.2) is 30.3 Å². The van der Waals surface area contributed by atoms with E-state index in [1.54, 1.807) is 7.11 Å². The van der Waals surface area contributed by atoms with Crippen molar-refractivity contribution in [3.05, 3.63) is 11.7 Å². The van der Waals surface area contributed by atoms with E-state index < -0.39 is 5.92 Å². The van der Waals surface area contributed by atoms with Crippen molar-refractivity contribution in [2.24, 2.45) is 5.92 Å². The van der Waals surface area contributed by atoms with E-state index in [-0.39, 0.29) is 18.5 Å². The summed E-state index contributed by atoms with van der Waals surface area (Å²) < 4.78 is 15.0. The normalized spacial score (nSPS) is 17.9. The molecule has 2 rings (SSSR count). The van der Waals surface area contributed by atoms with Gasteiger partial charge in [-0.25, -0.2) is 0 Å². The predicted octanol–water partition coefficient (Wildman–Crippen LogP) is 1.66. The second kappa shape index (κ2) is 5.95. The van der Waals surface area contributed by atoms with Gasteiger partial charge in [0.1, 0.15) is 12.5 Å². The third kappa shape index (κ3) is 2.69. The van der Waals surface area contributed by atoms with E-state index >= 15 is 0 Å². The van der Waals surface area contributed by atoms with Crippen molar-refractivity contribution in [2.75, 3.05) is 14.2 Å². The topological polar surface area (TPSA) is 74.5 Å². The maximum atomic E-state index is 11.9. The number of methoxy groups -OCH3 is 2. The minimum absolute atomic E-state index is 0.244. The number of carbonyl (C=O) groups is 1. The van der Waals surface area contributed by atoms with Gasteiger partial charge in [0.2, 0.25) is 5.89 Å². The van der Waals surface area contributed by atoms with Crippen LogP contribution in [0.3, 0.4) is 0 Å². The highest BCUT2D eigenvalue weighted by Gasteiger charge is 2.37. The average molecular weight is 254 g/mol. The lowest BCUT2D eigenvalue weighted by Crippen LogP contribution is -2.21. The van der Waals surface area contributed by atoms with E-state index in [9.17, 15) is 4.79 Å². The molecule has 1 aromatic heterocycles. The fourth-order valence-electron chi connectivity index (χ4n) is 2.49. The molecular weight excluding hydrogens is 236 g/mol. The summed E-state index contributed by atoms with van der Waals surface area (Å²) in [4.78, 5) is 16.1. The van der Waals surface area contributed by atoms with Crippen LogP contribution >= 0.6 is 0 Å². The number of aromatic nitrogens is 2. The van der Waals surface area contributed by atoms with Crippen molar-refractivity contribution in [3.8, 4) is 0 Å². The predicted molar refractivity (Wildman–Crippen MR) is 61.7 cm³/mol. The molecule has 0 aliphatic heterocycles. The smallest absolute Gasteiger partial charge is 0.318 e. The Bertz CT molecular complexity index is 399. The summed E-state index contributed by atoms with van der Waals surface area (Å²) in [5.74, 6) is 0.318. The molecule has 1 aliphatic carbocycles. The molecule has 1 heterocycles. The summed E-state index contributed by atoms with van der Waals surface area (Å²) in [6.45, 7) is 0.280. The number of esters is 1. The van der Waals surface area contributed by atoms with Crippen LogP contribution in [0.1, 0.15) is 43.3 Å². The van der Waals surface area contributed by atoms with Gasteiger partial charge in [0.05, 0.1) is 7.11 Å².